The number of aromatic nitrogens is 2. The summed E-state index contributed by atoms with van der Waals surface area (Å²) >= 11 is 6.53. The monoisotopic (exact) mass is 456 g/mol. The Labute approximate surface area is 203 Å². The lowest BCUT2D eigenvalue weighted by Crippen LogP contribution is -2.17. The maximum absolute atomic E-state index is 6.53. The smallest absolute Gasteiger partial charge is 0.144 e. The third-order valence-corrected chi connectivity index (χ3v) is 6.92. The molecular weight excluding hydrogens is 424 g/mol. The molecule has 170 valence electrons. The molecule has 0 aliphatic rings. The van der Waals surface area contributed by atoms with Crippen LogP contribution >= 0.6 is 11.6 Å². The maximum Gasteiger partial charge on any atom is 0.144 e. The number of halogens is 1. The van der Waals surface area contributed by atoms with Gasteiger partial charge in [-0.2, -0.15) is 0 Å². The highest BCUT2D eigenvalue weighted by Crippen LogP contribution is 2.34. The second-order valence-corrected chi connectivity index (χ2v) is 9.91. The van der Waals surface area contributed by atoms with Crippen molar-refractivity contribution in [3.05, 3.63) is 107 Å². The Morgan fingerprint density at radius 2 is 1.45 bits per heavy atom. The topological polar surface area (TPSA) is 17.8 Å². The molecule has 0 bridgehead atoms. The molecule has 1 unspecified atom stereocenters. The van der Waals surface area contributed by atoms with Gasteiger partial charge in [-0.3, -0.25) is 4.57 Å². The van der Waals surface area contributed by atoms with Crippen LogP contribution in [0.5, 0.6) is 0 Å². The highest BCUT2D eigenvalue weighted by Gasteiger charge is 2.22. The van der Waals surface area contributed by atoms with Crippen molar-refractivity contribution >= 4 is 11.6 Å². The molecule has 0 saturated heterocycles. The average Bonchev–Trinajstić information content (AvgIpc) is 3.30. The molecule has 0 aliphatic carbocycles. The van der Waals surface area contributed by atoms with Crippen LogP contribution in [0.2, 0.25) is 5.02 Å². The predicted molar refractivity (Wildman–Crippen MR) is 140 cm³/mol. The van der Waals surface area contributed by atoms with E-state index in [4.69, 9.17) is 16.6 Å². The van der Waals surface area contributed by atoms with Crippen LogP contribution in [-0.4, -0.2) is 9.55 Å². The number of para-hydroxylation sites is 1. The first-order valence-electron chi connectivity index (χ1n) is 11.9. The van der Waals surface area contributed by atoms with Crippen LogP contribution in [-0.2, 0) is 12.8 Å². The molecule has 0 amide bonds. The zero-order valence-corrected chi connectivity index (χ0v) is 20.8. The Morgan fingerprint density at radius 1 is 0.788 bits per heavy atom. The molecule has 3 aromatic carbocycles. The van der Waals surface area contributed by atoms with Crippen molar-refractivity contribution in [2.45, 2.75) is 46.5 Å². The summed E-state index contributed by atoms with van der Waals surface area (Å²) in [7, 11) is 0. The van der Waals surface area contributed by atoms with Gasteiger partial charge in [-0.05, 0) is 53.4 Å². The molecule has 0 fully saturated rings. The summed E-state index contributed by atoms with van der Waals surface area (Å²) in [6.07, 6.45) is 5.97. The van der Waals surface area contributed by atoms with Gasteiger partial charge in [-0.1, -0.05) is 106 Å². The van der Waals surface area contributed by atoms with Gasteiger partial charge >= 0.3 is 0 Å². The minimum absolute atomic E-state index is 0.409. The van der Waals surface area contributed by atoms with Gasteiger partial charge in [0.15, 0.2) is 0 Å². The SMILES string of the molecule is CC(C)c1cccc(CC(Cc2ccccc2Cl)C(C)C)c1-n1ccnc1-c1ccccc1. The van der Waals surface area contributed by atoms with Gasteiger partial charge in [0.25, 0.3) is 0 Å². The molecule has 4 rings (SSSR count). The Hall–Kier alpha value is -2.84. The Bertz CT molecular complexity index is 1190. The summed E-state index contributed by atoms with van der Waals surface area (Å²) in [6, 6.07) is 25.5. The molecule has 1 heterocycles. The second-order valence-electron chi connectivity index (χ2n) is 9.50. The van der Waals surface area contributed by atoms with E-state index in [-0.39, 0.29) is 0 Å². The summed E-state index contributed by atoms with van der Waals surface area (Å²) in [5.74, 6) is 2.41. The average molecular weight is 457 g/mol. The molecule has 3 heteroatoms. The van der Waals surface area contributed by atoms with Crippen LogP contribution in [0.1, 0.15) is 50.3 Å². The minimum atomic E-state index is 0.409. The van der Waals surface area contributed by atoms with Crippen molar-refractivity contribution in [3.8, 4) is 17.1 Å². The predicted octanol–water partition coefficient (Wildman–Crippen LogP) is 8.37. The largest absolute Gasteiger partial charge is 0.299 e. The van der Waals surface area contributed by atoms with Crippen molar-refractivity contribution in [2.75, 3.05) is 0 Å². The van der Waals surface area contributed by atoms with Crippen molar-refractivity contribution in [3.63, 3.8) is 0 Å². The molecule has 0 N–H and O–H groups in total. The number of hydrogen-bond donors (Lipinski definition) is 0. The van der Waals surface area contributed by atoms with E-state index in [2.05, 4.69) is 93.1 Å². The molecule has 2 nitrogen and oxygen atoms in total. The summed E-state index contributed by atoms with van der Waals surface area (Å²) in [5.41, 5.74) is 6.34. The molecule has 4 aromatic rings. The van der Waals surface area contributed by atoms with Gasteiger partial charge in [0, 0.05) is 23.0 Å². The molecule has 0 radical (unpaired) electrons. The quantitative estimate of drug-likeness (QED) is 0.260. The molecule has 0 aliphatic heterocycles. The van der Waals surface area contributed by atoms with E-state index in [1.165, 1.54) is 22.4 Å². The van der Waals surface area contributed by atoms with Gasteiger partial charge in [0.1, 0.15) is 5.82 Å². The van der Waals surface area contributed by atoms with Crippen LogP contribution in [0.3, 0.4) is 0 Å². The fourth-order valence-electron chi connectivity index (χ4n) is 4.59. The van der Waals surface area contributed by atoms with Crippen molar-refractivity contribution < 1.29 is 0 Å². The lowest BCUT2D eigenvalue weighted by Gasteiger charge is -2.25. The number of imidazole rings is 1. The van der Waals surface area contributed by atoms with Crippen LogP contribution in [0.4, 0.5) is 0 Å². The van der Waals surface area contributed by atoms with Crippen LogP contribution < -0.4 is 0 Å². The Kier molecular flexibility index (Phi) is 7.35. The Balaban J connectivity index is 1.78. The van der Waals surface area contributed by atoms with E-state index in [1.807, 2.05) is 24.4 Å². The zero-order chi connectivity index (χ0) is 23.4. The third-order valence-electron chi connectivity index (χ3n) is 6.55. The molecule has 33 heavy (non-hydrogen) atoms. The van der Waals surface area contributed by atoms with E-state index in [0.29, 0.717) is 17.8 Å². The van der Waals surface area contributed by atoms with Crippen molar-refractivity contribution in [1.82, 2.24) is 9.55 Å². The third kappa shape index (κ3) is 5.23. The van der Waals surface area contributed by atoms with Gasteiger partial charge in [0.05, 0.1) is 5.69 Å². The van der Waals surface area contributed by atoms with E-state index < -0.39 is 0 Å². The summed E-state index contributed by atoms with van der Waals surface area (Å²) < 4.78 is 2.28. The van der Waals surface area contributed by atoms with Crippen molar-refractivity contribution in [1.29, 1.82) is 0 Å². The van der Waals surface area contributed by atoms with E-state index in [1.54, 1.807) is 0 Å². The fraction of sp³-hybridized carbons (Fsp3) is 0.300. The maximum atomic E-state index is 6.53. The van der Waals surface area contributed by atoms with E-state index >= 15 is 0 Å². The lowest BCUT2D eigenvalue weighted by molar-refractivity contribution is 0.379. The van der Waals surface area contributed by atoms with Gasteiger partial charge in [-0.25, -0.2) is 4.98 Å². The van der Waals surface area contributed by atoms with Crippen LogP contribution in [0.15, 0.2) is 85.2 Å². The van der Waals surface area contributed by atoms with Gasteiger partial charge in [-0.15, -0.1) is 0 Å². The number of benzene rings is 3. The van der Waals surface area contributed by atoms with Gasteiger partial charge in [0.2, 0.25) is 0 Å². The highest BCUT2D eigenvalue weighted by molar-refractivity contribution is 6.31. The van der Waals surface area contributed by atoms with Crippen LogP contribution in [0.25, 0.3) is 17.1 Å². The molecule has 1 aromatic heterocycles. The van der Waals surface area contributed by atoms with E-state index in [0.717, 1.165) is 29.3 Å². The summed E-state index contributed by atoms with van der Waals surface area (Å²) in [5, 5.41) is 0.861. The number of nitrogens with zero attached hydrogens (tertiary/aromatic N) is 2. The summed E-state index contributed by atoms with van der Waals surface area (Å²) in [6.45, 7) is 9.18. The highest BCUT2D eigenvalue weighted by atomic mass is 35.5. The van der Waals surface area contributed by atoms with E-state index in [9.17, 15) is 0 Å². The number of hydrogen-bond acceptors (Lipinski definition) is 1. The first-order chi connectivity index (χ1) is 16.0. The first kappa shape index (κ1) is 23.3. The molecule has 0 spiro atoms. The van der Waals surface area contributed by atoms with Crippen molar-refractivity contribution in [2.24, 2.45) is 11.8 Å². The first-order valence-corrected chi connectivity index (χ1v) is 12.3. The standard InChI is InChI=1S/C30H33ClN2/c1-21(2)26(19-24-13-8-9-16-28(24)31)20-25-14-10-15-27(22(3)4)29(25)33-18-17-32-30(33)23-11-6-5-7-12-23/h5-18,21-22,26H,19-20H2,1-4H3. The molecule has 1 atom stereocenters. The van der Waals surface area contributed by atoms with Crippen LogP contribution in [0, 0.1) is 11.8 Å². The summed E-state index contributed by atoms with van der Waals surface area (Å²) in [4.78, 5) is 4.74. The minimum Gasteiger partial charge on any atom is -0.299 e. The lowest BCUT2D eigenvalue weighted by atomic mass is 9.82. The normalized spacial score (nSPS) is 12.5. The Morgan fingerprint density at radius 3 is 2.15 bits per heavy atom. The van der Waals surface area contributed by atoms with Gasteiger partial charge < -0.3 is 0 Å². The second kappa shape index (κ2) is 10.4. The fourth-order valence-corrected chi connectivity index (χ4v) is 4.81. The molecular formula is C30H33ClN2. The molecule has 0 saturated carbocycles. The number of rotatable bonds is 8. The zero-order valence-electron chi connectivity index (χ0n) is 20.0.